The molecule has 0 saturated heterocycles. The number of ether oxygens (including phenoxy) is 3. The normalized spacial score (nSPS) is 16.0. The van der Waals surface area contributed by atoms with Crippen LogP contribution in [-0.4, -0.2) is 43.1 Å². The number of carbonyl (C=O) groups is 2. The number of alkyl halides is 3. The number of nitrogens with one attached hydrogen (secondary N) is 1. The van der Waals surface area contributed by atoms with Crippen molar-refractivity contribution in [2.75, 3.05) is 13.7 Å². The van der Waals surface area contributed by atoms with E-state index in [1.54, 1.807) is 20.8 Å². The van der Waals surface area contributed by atoms with Crippen molar-refractivity contribution >= 4 is 12.1 Å². The number of carbonyl (C=O) groups excluding carboxylic acids is 2. The van der Waals surface area contributed by atoms with Gasteiger partial charge in [-0.3, -0.25) is 0 Å². The fourth-order valence-corrected chi connectivity index (χ4v) is 2.34. The Morgan fingerprint density at radius 1 is 1.10 bits per heavy atom. The fraction of sp³-hybridized carbons (Fsp3) is 0.500. The van der Waals surface area contributed by atoms with Crippen molar-refractivity contribution in [2.45, 2.75) is 50.6 Å². The van der Waals surface area contributed by atoms with Crippen LogP contribution in [0.15, 0.2) is 30.3 Å². The number of benzene rings is 1. The Balaban J connectivity index is 3.09. The third-order valence-corrected chi connectivity index (χ3v) is 3.76. The van der Waals surface area contributed by atoms with Crippen molar-refractivity contribution in [1.82, 2.24) is 5.32 Å². The van der Waals surface area contributed by atoms with E-state index in [1.165, 1.54) is 25.1 Å². The third kappa shape index (κ3) is 5.87. The molecule has 6 nitrogen and oxygen atoms in total. The van der Waals surface area contributed by atoms with Crippen molar-refractivity contribution in [1.29, 1.82) is 0 Å². The van der Waals surface area contributed by atoms with Gasteiger partial charge in [0.05, 0.1) is 0 Å². The van der Waals surface area contributed by atoms with E-state index in [1.807, 2.05) is 0 Å². The first-order valence-corrected chi connectivity index (χ1v) is 8.54. The number of amides is 1. The first-order chi connectivity index (χ1) is 13.2. The minimum absolute atomic E-state index is 0.456. The molecule has 0 fully saturated rings. The lowest BCUT2D eigenvalue weighted by Crippen LogP contribution is -2.55. The van der Waals surface area contributed by atoms with Crippen LogP contribution in [0, 0.1) is 12.3 Å². The van der Waals surface area contributed by atoms with Gasteiger partial charge in [-0.05, 0) is 27.7 Å². The predicted octanol–water partition coefficient (Wildman–Crippen LogP) is 3.55. The lowest BCUT2D eigenvalue weighted by atomic mass is 9.92. The second-order valence-electron chi connectivity index (χ2n) is 7.43. The summed E-state index contributed by atoms with van der Waals surface area (Å²) in [5.74, 6) is 0.471. The molecule has 0 heterocycles. The molecule has 0 aliphatic rings. The first kappa shape index (κ1) is 24.3. The van der Waals surface area contributed by atoms with Gasteiger partial charge in [-0.15, -0.1) is 6.42 Å². The summed E-state index contributed by atoms with van der Waals surface area (Å²) < 4.78 is 56.1. The summed E-state index contributed by atoms with van der Waals surface area (Å²) in [6, 6.07) is 6.34. The van der Waals surface area contributed by atoms with Gasteiger partial charge in [-0.1, -0.05) is 36.3 Å². The smallest absolute Gasteiger partial charge is 0.432 e. The molecule has 0 aromatic heterocycles. The zero-order valence-corrected chi connectivity index (χ0v) is 16.8. The molecule has 0 aliphatic carbocycles. The number of hydrogen-bond acceptors (Lipinski definition) is 5. The van der Waals surface area contributed by atoms with E-state index in [0.717, 1.165) is 19.2 Å². The van der Waals surface area contributed by atoms with Crippen LogP contribution in [0.5, 0.6) is 0 Å². The summed E-state index contributed by atoms with van der Waals surface area (Å²) in [6.07, 6.45) is -0.652. The second kappa shape index (κ2) is 8.74. The standard InChI is InChI=1S/C20H24F3NO5/c1-7-18(5,24-16(26)29-17(2,3)4)13-28-15(25)19(27-6,20(21,22)23)14-11-9-8-10-12-14/h1,8-12H,13H2,2-6H3,(H,24,26)/t18-,19-/m1/s1. The van der Waals surface area contributed by atoms with Crippen LogP contribution in [-0.2, 0) is 24.6 Å². The molecule has 0 aliphatic heterocycles. The number of terminal acetylenes is 1. The number of halogens is 3. The lowest BCUT2D eigenvalue weighted by Gasteiger charge is -2.34. The topological polar surface area (TPSA) is 73.9 Å². The van der Waals surface area contributed by atoms with E-state index >= 15 is 0 Å². The van der Waals surface area contributed by atoms with Gasteiger partial charge >= 0.3 is 18.2 Å². The van der Waals surface area contributed by atoms with Gasteiger partial charge in [0.25, 0.3) is 5.60 Å². The predicted molar refractivity (Wildman–Crippen MR) is 98.8 cm³/mol. The van der Waals surface area contributed by atoms with Crippen LogP contribution in [0.2, 0.25) is 0 Å². The quantitative estimate of drug-likeness (QED) is 0.568. The van der Waals surface area contributed by atoms with Gasteiger partial charge in [-0.25, -0.2) is 9.59 Å². The third-order valence-electron chi connectivity index (χ3n) is 3.76. The monoisotopic (exact) mass is 415 g/mol. The van der Waals surface area contributed by atoms with Crippen molar-refractivity contribution < 1.29 is 37.0 Å². The highest BCUT2D eigenvalue weighted by Crippen LogP contribution is 2.43. The van der Waals surface area contributed by atoms with E-state index < -0.39 is 47.2 Å². The largest absolute Gasteiger partial charge is 0.459 e. The maximum Gasteiger partial charge on any atom is 0.432 e. The van der Waals surface area contributed by atoms with Crippen LogP contribution >= 0.6 is 0 Å². The summed E-state index contributed by atoms with van der Waals surface area (Å²) in [7, 11) is 0.751. The second-order valence-corrected chi connectivity index (χ2v) is 7.43. The average Bonchev–Trinajstić information content (AvgIpc) is 2.59. The molecule has 0 saturated carbocycles. The van der Waals surface area contributed by atoms with Gasteiger partial charge in [0.1, 0.15) is 17.7 Å². The van der Waals surface area contributed by atoms with E-state index in [9.17, 15) is 22.8 Å². The van der Waals surface area contributed by atoms with Crippen molar-refractivity contribution in [2.24, 2.45) is 0 Å². The maximum atomic E-state index is 13.9. The zero-order chi connectivity index (χ0) is 22.5. The Morgan fingerprint density at radius 2 is 1.66 bits per heavy atom. The average molecular weight is 415 g/mol. The maximum absolute atomic E-state index is 13.9. The molecule has 1 rings (SSSR count). The minimum Gasteiger partial charge on any atom is -0.459 e. The number of esters is 1. The van der Waals surface area contributed by atoms with Crippen LogP contribution < -0.4 is 5.32 Å². The first-order valence-electron chi connectivity index (χ1n) is 8.54. The van der Waals surface area contributed by atoms with Crippen LogP contribution in [0.1, 0.15) is 33.3 Å². The molecule has 0 spiro atoms. The molecule has 1 amide bonds. The van der Waals surface area contributed by atoms with E-state index in [0.29, 0.717) is 0 Å². The van der Waals surface area contributed by atoms with Crippen LogP contribution in [0.4, 0.5) is 18.0 Å². The zero-order valence-electron chi connectivity index (χ0n) is 16.8. The minimum atomic E-state index is -5.12. The van der Waals surface area contributed by atoms with Gasteiger partial charge in [0, 0.05) is 12.7 Å². The Kier molecular flexibility index (Phi) is 7.33. The summed E-state index contributed by atoms with van der Waals surface area (Å²) >= 11 is 0. The Morgan fingerprint density at radius 3 is 2.07 bits per heavy atom. The van der Waals surface area contributed by atoms with Crippen molar-refractivity contribution in [3.05, 3.63) is 35.9 Å². The highest BCUT2D eigenvalue weighted by atomic mass is 19.4. The molecule has 0 unspecified atom stereocenters. The molecule has 0 radical (unpaired) electrons. The van der Waals surface area contributed by atoms with Gasteiger partial charge in [0.2, 0.25) is 0 Å². The number of alkyl carbamates (subject to hydrolysis) is 1. The summed E-state index contributed by atoms with van der Waals surface area (Å²) in [4.78, 5) is 24.5. The highest BCUT2D eigenvalue weighted by molar-refractivity contribution is 5.83. The SMILES string of the molecule is C#C[C@](C)(COC(=O)[C@](OC)(c1ccccc1)C(F)(F)F)NC(=O)OC(C)(C)C. The lowest BCUT2D eigenvalue weighted by molar-refractivity contribution is -0.276. The molecular weight excluding hydrogens is 391 g/mol. The number of methoxy groups -OCH3 is 1. The summed E-state index contributed by atoms with van der Waals surface area (Å²) in [5, 5.41) is 2.31. The summed E-state index contributed by atoms with van der Waals surface area (Å²) in [6.45, 7) is 5.42. The molecule has 9 heteroatoms. The fourth-order valence-electron chi connectivity index (χ4n) is 2.34. The summed E-state index contributed by atoms with van der Waals surface area (Å²) in [5.41, 5.74) is -6.25. The van der Waals surface area contributed by atoms with Crippen molar-refractivity contribution in [3.8, 4) is 12.3 Å². The van der Waals surface area contributed by atoms with Gasteiger partial charge in [0.15, 0.2) is 0 Å². The molecule has 0 bridgehead atoms. The highest BCUT2D eigenvalue weighted by Gasteiger charge is 2.64. The van der Waals surface area contributed by atoms with Gasteiger partial charge in [-0.2, -0.15) is 13.2 Å². The Bertz CT molecular complexity index is 767. The van der Waals surface area contributed by atoms with Gasteiger partial charge < -0.3 is 19.5 Å². The molecule has 1 aromatic rings. The Labute approximate surface area is 167 Å². The molecule has 29 heavy (non-hydrogen) atoms. The molecule has 160 valence electrons. The van der Waals surface area contributed by atoms with Crippen LogP contribution in [0.25, 0.3) is 0 Å². The molecule has 1 aromatic carbocycles. The Hall–Kier alpha value is -2.73. The van der Waals surface area contributed by atoms with Crippen LogP contribution in [0.3, 0.4) is 0 Å². The number of rotatable bonds is 6. The molecule has 1 N–H and O–H groups in total. The number of hydrogen-bond donors (Lipinski definition) is 1. The molecule has 2 atom stereocenters. The van der Waals surface area contributed by atoms with E-state index in [-0.39, 0.29) is 0 Å². The van der Waals surface area contributed by atoms with E-state index in [4.69, 9.17) is 15.9 Å². The molecular formula is C20H24F3NO5. The van der Waals surface area contributed by atoms with E-state index in [2.05, 4.69) is 16.0 Å². The van der Waals surface area contributed by atoms with Crippen molar-refractivity contribution in [3.63, 3.8) is 0 Å².